The maximum Gasteiger partial charge on any atom is 0.164 e. The van der Waals surface area contributed by atoms with Crippen molar-refractivity contribution in [2.75, 3.05) is 0 Å². The summed E-state index contributed by atoms with van der Waals surface area (Å²) in [6.45, 7) is 4.64. The average Bonchev–Trinajstić information content (AvgIpc) is 3.40. The van der Waals surface area contributed by atoms with E-state index in [1.54, 1.807) is 0 Å². The Morgan fingerprint density at radius 1 is 0.327 bits per heavy atom. The zero-order valence-electron chi connectivity index (χ0n) is 27.4. The maximum absolute atomic E-state index is 5.01. The lowest BCUT2D eigenvalue weighted by atomic mass is 9.82. The van der Waals surface area contributed by atoms with Gasteiger partial charge in [-0.1, -0.05) is 166 Å². The third-order valence-corrected chi connectivity index (χ3v) is 9.95. The molecule has 0 unspecified atom stereocenters. The van der Waals surface area contributed by atoms with Crippen molar-refractivity contribution in [3.8, 4) is 67.5 Å². The van der Waals surface area contributed by atoms with Gasteiger partial charge >= 0.3 is 0 Å². The van der Waals surface area contributed by atoms with Crippen LogP contribution in [0.2, 0.25) is 0 Å². The standard InChI is InChI=1S/C46H33N3/c1-46(2)41-15-9-8-14-39(41)40-29-38(26-27-42(40)46)32-18-23-35(24-19-32)45-48-43(33-11-4-3-5-12-33)47-44(49-45)34-21-16-31(17-22-34)37-25-20-30-10-6-7-13-36(30)28-37/h3-29H,1-2H3. The highest BCUT2D eigenvalue weighted by Gasteiger charge is 2.35. The van der Waals surface area contributed by atoms with Crippen molar-refractivity contribution in [2.24, 2.45) is 0 Å². The molecule has 0 saturated heterocycles. The van der Waals surface area contributed by atoms with E-state index >= 15 is 0 Å². The van der Waals surface area contributed by atoms with Crippen LogP contribution in [0.25, 0.3) is 78.3 Å². The number of rotatable bonds is 5. The summed E-state index contributed by atoms with van der Waals surface area (Å²) < 4.78 is 0. The summed E-state index contributed by atoms with van der Waals surface area (Å²) in [5, 5.41) is 2.47. The van der Waals surface area contributed by atoms with Gasteiger partial charge in [-0.2, -0.15) is 0 Å². The average molecular weight is 628 g/mol. The molecule has 1 aliphatic carbocycles. The van der Waals surface area contributed by atoms with E-state index in [2.05, 4.69) is 147 Å². The van der Waals surface area contributed by atoms with Crippen molar-refractivity contribution in [1.29, 1.82) is 0 Å². The highest BCUT2D eigenvalue weighted by molar-refractivity contribution is 5.88. The van der Waals surface area contributed by atoms with Gasteiger partial charge in [0.2, 0.25) is 0 Å². The quantitative estimate of drug-likeness (QED) is 0.191. The molecule has 0 spiro atoms. The maximum atomic E-state index is 5.01. The van der Waals surface area contributed by atoms with Crippen molar-refractivity contribution >= 4 is 10.8 Å². The summed E-state index contributed by atoms with van der Waals surface area (Å²) in [6, 6.07) is 58.0. The minimum Gasteiger partial charge on any atom is -0.208 e. The molecular weight excluding hydrogens is 595 g/mol. The van der Waals surface area contributed by atoms with Gasteiger partial charge in [0.25, 0.3) is 0 Å². The Balaban J connectivity index is 1.07. The van der Waals surface area contributed by atoms with Crippen molar-refractivity contribution in [2.45, 2.75) is 19.3 Å². The summed E-state index contributed by atoms with van der Waals surface area (Å²) in [4.78, 5) is 14.9. The van der Waals surface area contributed by atoms with E-state index in [1.807, 2.05) is 30.3 Å². The SMILES string of the molecule is CC1(C)c2ccccc2-c2cc(-c3ccc(-c4nc(-c5ccccc5)nc(-c5ccc(-c6ccc7ccccc7c6)cc5)n4)cc3)ccc21. The van der Waals surface area contributed by atoms with Gasteiger partial charge in [0.05, 0.1) is 0 Å². The summed E-state index contributed by atoms with van der Waals surface area (Å²) in [5.41, 5.74) is 13.0. The lowest BCUT2D eigenvalue weighted by molar-refractivity contribution is 0.660. The van der Waals surface area contributed by atoms with Crippen LogP contribution < -0.4 is 0 Å². The smallest absolute Gasteiger partial charge is 0.164 e. The van der Waals surface area contributed by atoms with E-state index in [0.29, 0.717) is 17.5 Å². The van der Waals surface area contributed by atoms with Crippen LogP contribution in [0, 0.1) is 0 Å². The monoisotopic (exact) mass is 627 g/mol. The first-order valence-corrected chi connectivity index (χ1v) is 16.8. The number of hydrogen-bond acceptors (Lipinski definition) is 3. The summed E-state index contributed by atoms with van der Waals surface area (Å²) in [6.07, 6.45) is 0. The molecule has 9 rings (SSSR count). The first-order chi connectivity index (χ1) is 24.0. The topological polar surface area (TPSA) is 38.7 Å². The van der Waals surface area contributed by atoms with Crippen LogP contribution in [0.3, 0.4) is 0 Å². The van der Waals surface area contributed by atoms with E-state index < -0.39 is 0 Å². The molecule has 0 N–H and O–H groups in total. The highest BCUT2D eigenvalue weighted by Crippen LogP contribution is 2.49. The molecule has 3 heteroatoms. The van der Waals surface area contributed by atoms with Gasteiger partial charge in [0, 0.05) is 22.1 Å². The molecule has 7 aromatic carbocycles. The summed E-state index contributed by atoms with van der Waals surface area (Å²) in [5.74, 6) is 1.96. The fourth-order valence-corrected chi connectivity index (χ4v) is 7.24. The highest BCUT2D eigenvalue weighted by atomic mass is 15.0. The molecule has 0 radical (unpaired) electrons. The molecule has 0 saturated carbocycles. The van der Waals surface area contributed by atoms with Crippen LogP contribution in [0.15, 0.2) is 164 Å². The largest absolute Gasteiger partial charge is 0.208 e. The van der Waals surface area contributed by atoms with E-state index in [4.69, 9.17) is 15.0 Å². The van der Waals surface area contributed by atoms with Crippen molar-refractivity contribution < 1.29 is 0 Å². The van der Waals surface area contributed by atoms with Crippen LogP contribution in [0.5, 0.6) is 0 Å². The van der Waals surface area contributed by atoms with Gasteiger partial charge in [0.15, 0.2) is 17.5 Å². The molecule has 0 fully saturated rings. The Morgan fingerprint density at radius 2 is 0.776 bits per heavy atom. The van der Waals surface area contributed by atoms with Crippen LogP contribution in [0.4, 0.5) is 0 Å². The molecular formula is C46H33N3. The molecule has 232 valence electrons. The minimum atomic E-state index is -0.00206. The minimum absolute atomic E-state index is 0.00206. The Bertz CT molecular complexity index is 2500. The number of nitrogens with zero attached hydrogens (tertiary/aromatic N) is 3. The number of hydrogen-bond donors (Lipinski definition) is 0. The second-order valence-corrected chi connectivity index (χ2v) is 13.3. The molecule has 0 amide bonds. The summed E-state index contributed by atoms with van der Waals surface area (Å²) >= 11 is 0. The Labute approximate surface area is 286 Å². The zero-order valence-corrected chi connectivity index (χ0v) is 27.4. The van der Waals surface area contributed by atoms with Gasteiger partial charge in [0.1, 0.15) is 0 Å². The molecule has 8 aromatic rings. The lowest BCUT2D eigenvalue weighted by Gasteiger charge is -2.21. The van der Waals surface area contributed by atoms with Gasteiger partial charge in [-0.15, -0.1) is 0 Å². The van der Waals surface area contributed by atoms with Crippen LogP contribution in [-0.4, -0.2) is 15.0 Å². The summed E-state index contributed by atoms with van der Waals surface area (Å²) in [7, 11) is 0. The van der Waals surface area contributed by atoms with E-state index in [9.17, 15) is 0 Å². The zero-order chi connectivity index (χ0) is 33.0. The van der Waals surface area contributed by atoms with E-state index in [1.165, 1.54) is 44.2 Å². The van der Waals surface area contributed by atoms with Gasteiger partial charge in [-0.05, 0) is 67.4 Å². The van der Waals surface area contributed by atoms with Gasteiger partial charge < -0.3 is 0 Å². The van der Waals surface area contributed by atoms with Gasteiger partial charge in [-0.3, -0.25) is 0 Å². The molecule has 1 heterocycles. The fourth-order valence-electron chi connectivity index (χ4n) is 7.24. The molecule has 49 heavy (non-hydrogen) atoms. The predicted molar refractivity (Wildman–Crippen MR) is 202 cm³/mol. The molecule has 0 bridgehead atoms. The van der Waals surface area contributed by atoms with Crippen LogP contribution in [0.1, 0.15) is 25.0 Å². The lowest BCUT2D eigenvalue weighted by Crippen LogP contribution is -2.14. The van der Waals surface area contributed by atoms with Crippen LogP contribution in [-0.2, 0) is 5.41 Å². The molecule has 0 aliphatic heterocycles. The van der Waals surface area contributed by atoms with E-state index in [0.717, 1.165) is 27.8 Å². The van der Waals surface area contributed by atoms with Crippen LogP contribution >= 0.6 is 0 Å². The Kier molecular flexibility index (Phi) is 6.80. The first-order valence-electron chi connectivity index (χ1n) is 16.8. The molecule has 3 nitrogen and oxygen atoms in total. The van der Waals surface area contributed by atoms with Crippen molar-refractivity contribution in [1.82, 2.24) is 15.0 Å². The van der Waals surface area contributed by atoms with E-state index in [-0.39, 0.29) is 5.41 Å². The number of aromatic nitrogens is 3. The Morgan fingerprint density at radius 3 is 1.43 bits per heavy atom. The molecule has 0 atom stereocenters. The van der Waals surface area contributed by atoms with Crippen molar-refractivity contribution in [3.05, 3.63) is 175 Å². The third kappa shape index (κ3) is 5.12. The molecule has 1 aromatic heterocycles. The third-order valence-electron chi connectivity index (χ3n) is 9.95. The second kappa shape index (κ2) is 11.5. The number of benzene rings is 7. The van der Waals surface area contributed by atoms with Gasteiger partial charge in [-0.25, -0.2) is 15.0 Å². The normalized spacial score (nSPS) is 12.9. The Hall–Kier alpha value is -6.19. The second-order valence-electron chi connectivity index (χ2n) is 13.3. The predicted octanol–water partition coefficient (Wildman–Crippen LogP) is 11.7. The molecule has 1 aliphatic rings. The first kappa shape index (κ1) is 29.0. The fraction of sp³-hybridized carbons (Fsp3) is 0.0652. The number of fused-ring (bicyclic) bond motifs is 4. The van der Waals surface area contributed by atoms with Crippen molar-refractivity contribution in [3.63, 3.8) is 0 Å².